The number of fused-ring (bicyclic) bond motifs is 1. The second-order valence-electron chi connectivity index (χ2n) is 10.2. The molecule has 3 aromatic rings. The van der Waals surface area contributed by atoms with Crippen LogP contribution in [0.25, 0.3) is 0 Å². The van der Waals surface area contributed by atoms with Crippen LogP contribution in [-0.2, 0) is 32.5 Å². The van der Waals surface area contributed by atoms with E-state index in [-0.39, 0.29) is 42.7 Å². The lowest BCUT2D eigenvalue weighted by Crippen LogP contribution is -2.36. The van der Waals surface area contributed by atoms with E-state index in [0.29, 0.717) is 17.0 Å². The molecule has 1 aromatic carbocycles. The monoisotopic (exact) mass is 617 g/mol. The summed E-state index contributed by atoms with van der Waals surface area (Å²) in [6.45, 7) is 9.16. The van der Waals surface area contributed by atoms with Gasteiger partial charge in [-0.15, -0.1) is 11.3 Å². The summed E-state index contributed by atoms with van der Waals surface area (Å²) in [6, 6.07) is 7.64. The molecule has 1 N–H and O–H groups in total. The average Bonchev–Trinajstić information content (AvgIpc) is 3.50. The number of thiophene rings is 1. The Bertz CT molecular complexity index is 1510. The Morgan fingerprint density at radius 3 is 2.33 bits per heavy atom. The predicted octanol–water partition coefficient (Wildman–Crippen LogP) is 3.55. The molecule has 1 aliphatic rings. The number of rotatable bonds is 13. The topological polar surface area (TPSA) is 123 Å². The largest absolute Gasteiger partial charge is 0.383 e. The molecular formula is C29H39N5O6S2. The predicted molar refractivity (Wildman–Crippen MR) is 162 cm³/mol. The van der Waals surface area contributed by atoms with Crippen LogP contribution < -0.4 is 5.32 Å². The summed E-state index contributed by atoms with van der Waals surface area (Å²) in [4.78, 5) is 30.7. The molecule has 0 atom stereocenters. The Kier molecular flexibility index (Phi) is 10.7. The number of amides is 1. The number of methoxy groups -OCH3 is 2. The second-order valence-corrected chi connectivity index (χ2v) is 13.3. The molecule has 13 heteroatoms. The van der Waals surface area contributed by atoms with E-state index in [9.17, 15) is 18.0 Å². The van der Waals surface area contributed by atoms with Gasteiger partial charge >= 0.3 is 0 Å². The summed E-state index contributed by atoms with van der Waals surface area (Å²) >= 11 is 1.41. The molecule has 0 aliphatic carbocycles. The number of ether oxygens (including phenoxy) is 2. The molecule has 228 valence electrons. The van der Waals surface area contributed by atoms with Crippen LogP contribution in [-0.4, -0.2) is 92.8 Å². The lowest BCUT2D eigenvalue weighted by atomic mass is 10.0. The van der Waals surface area contributed by atoms with E-state index in [0.717, 1.165) is 47.9 Å². The molecule has 3 heterocycles. The fourth-order valence-electron chi connectivity index (χ4n) is 5.06. The van der Waals surface area contributed by atoms with Crippen LogP contribution in [0.2, 0.25) is 0 Å². The first kappa shape index (κ1) is 32.0. The number of carbonyl (C=O) groups is 2. The van der Waals surface area contributed by atoms with Crippen molar-refractivity contribution in [3.63, 3.8) is 0 Å². The molecule has 0 spiro atoms. The fourth-order valence-corrected chi connectivity index (χ4v) is 7.74. The SMILES string of the molecule is CCCN1CCc2c(sc(NC(=O)c3ccc(S(=O)(=O)N(CCOC)CCOC)cc3)c2C(=O)n2nc(C)cc2C)C1. The van der Waals surface area contributed by atoms with Crippen molar-refractivity contribution in [1.29, 1.82) is 0 Å². The maximum absolute atomic E-state index is 13.8. The molecule has 2 aromatic heterocycles. The first-order valence-corrected chi connectivity index (χ1v) is 16.2. The van der Waals surface area contributed by atoms with Crippen molar-refractivity contribution in [3.05, 3.63) is 63.3 Å². The van der Waals surface area contributed by atoms with Gasteiger partial charge in [0.15, 0.2) is 0 Å². The van der Waals surface area contributed by atoms with E-state index in [2.05, 4.69) is 22.2 Å². The van der Waals surface area contributed by atoms with Crippen molar-refractivity contribution in [3.8, 4) is 0 Å². The van der Waals surface area contributed by atoms with Crippen LogP contribution in [0.3, 0.4) is 0 Å². The van der Waals surface area contributed by atoms with Gasteiger partial charge in [0.2, 0.25) is 10.0 Å². The number of nitrogens with zero attached hydrogens (tertiary/aromatic N) is 4. The Labute approximate surface area is 251 Å². The molecule has 0 radical (unpaired) electrons. The van der Waals surface area contributed by atoms with Gasteiger partial charge in [-0.3, -0.25) is 14.5 Å². The molecular weight excluding hydrogens is 578 g/mol. The molecule has 4 rings (SSSR count). The normalized spacial score (nSPS) is 13.9. The summed E-state index contributed by atoms with van der Waals surface area (Å²) in [5, 5.41) is 7.82. The quantitative estimate of drug-likeness (QED) is 0.309. The highest BCUT2D eigenvalue weighted by molar-refractivity contribution is 7.89. The third-order valence-electron chi connectivity index (χ3n) is 7.16. The standard InChI is InChI=1S/C29H39N5O6S2/c1-6-12-32-13-11-24-25(19-32)41-28(26(24)29(36)34-21(3)18-20(2)31-34)30-27(35)22-7-9-23(10-8-22)42(37,38)33(14-16-39-4)15-17-40-5/h7-10,18H,6,11-17,19H2,1-5H3,(H,30,35). The van der Waals surface area contributed by atoms with Crippen molar-refractivity contribution in [2.75, 3.05) is 58.9 Å². The second kappa shape index (κ2) is 14.0. The number of hydrogen-bond donors (Lipinski definition) is 1. The summed E-state index contributed by atoms with van der Waals surface area (Å²) in [7, 11) is -0.805. The lowest BCUT2D eigenvalue weighted by Gasteiger charge is -2.26. The molecule has 0 saturated carbocycles. The highest BCUT2D eigenvalue weighted by Crippen LogP contribution is 2.38. The highest BCUT2D eigenvalue weighted by Gasteiger charge is 2.31. The first-order valence-electron chi connectivity index (χ1n) is 13.9. The maximum Gasteiger partial charge on any atom is 0.281 e. The summed E-state index contributed by atoms with van der Waals surface area (Å²) in [5.41, 5.74) is 3.16. The number of nitrogens with one attached hydrogen (secondary N) is 1. The number of benzene rings is 1. The van der Waals surface area contributed by atoms with E-state index in [1.54, 1.807) is 0 Å². The third-order valence-corrected chi connectivity index (χ3v) is 10.2. The van der Waals surface area contributed by atoms with Gasteiger partial charge in [-0.05, 0) is 69.1 Å². The van der Waals surface area contributed by atoms with Crippen LogP contribution in [0.15, 0.2) is 35.2 Å². The minimum absolute atomic E-state index is 0.0641. The zero-order valence-electron chi connectivity index (χ0n) is 24.8. The first-order chi connectivity index (χ1) is 20.1. The van der Waals surface area contributed by atoms with Crippen LogP contribution in [0.1, 0.15) is 55.9 Å². The van der Waals surface area contributed by atoms with E-state index >= 15 is 0 Å². The maximum atomic E-state index is 13.8. The Balaban J connectivity index is 1.61. The van der Waals surface area contributed by atoms with Gasteiger partial charge in [0, 0.05) is 56.5 Å². The van der Waals surface area contributed by atoms with Crippen LogP contribution in [0, 0.1) is 13.8 Å². The van der Waals surface area contributed by atoms with Gasteiger partial charge in [-0.1, -0.05) is 6.92 Å². The molecule has 0 fully saturated rings. The molecule has 42 heavy (non-hydrogen) atoms. The van der Waals surface area contributed by atoms with E-state index < -0.39 is 15.9 Å². The number of aromatic nitrogens is 2. The van der Waals surface area contributed by atoms with Gasteiger partial charge in [0.1, 0.15) is 5.00 Å². The van der Waals surface area contributed by atoms with E-state index in [1.165, 1.54) is 58.8 Å². The molecule has 1 amide bonds. The minimum atomic E-state index is -3.83. The van der Waals surface area contributed by atoms with Crippen molar-refractivity contribution in [2.24, 2.45) is 0 Å². The highest BCUT2D eigenvalue weighted by atomic mass is 32.2. The Morgan fingerprint density at radius 1 is 1.10 bits per heavy atom. The Hall–Kier alpha value is -2.94. The lowest BCUT2D eigenvalue weighted by molar-refractivity contribution is 0.0942. The molecule has 1 aliphatic heterocycles. The van der Waals surface area contributed by atoms with Crippen molar-refractivity contribution < 1.29 is 27.5 Å². The Morgan fingerprint density at radius 2 is 1.76 bits per heavy atom. The van der Waals surface area contributed by atoms with Gasteiger partial charge < -0.3 is 14.8 Å². The molecule has 0 unspecified atom stereocenters. The van der Waals surface area contributed by atoms with E-state index in [1.807, 2.05) is 19.9 Å². The minimum Gasteiger partial charge on any atom is -0.383 e. The number of carbonyl (C=O) groups excluding carboxylic acids is 2. The van der Waals surface area contributed by atoms with Crippen LogP contribution in [0.4, 0.5) is 5.00 Å². The van der Waals surface area contributed by atoms with Crippen molar-refractivity contribution in [2.45, 2.75) is 45.1 Å². The number of aryl methyl sites for hydroxylation is 2. The van der Waals surface area contributed by atoms with E-state index in [4.69, 9.17) is 9.47 Å². The fraction of sp³-hybridized carbons (Fsp3) is 0.483. The average molecular weight is 618 g/mol. The third kappa shape index (κ3) is 6.99. The zero-order chi connectivity index (χ0) is 30.4. The van der Waals surface area contributed by atoms with Crippen molar-refractivity contribution in [1.82, 2.24) is 19.0 Å². The summed E-state index contributed by atoms with van der Waals surface area (Å²) < 4.78 is 39.3. The van der Waals surface area contributed by atoms with Gasteiger partial charge in [0.25, 0.3) is 11.8 Å². The molecule has 0 saturated heterocycles. The number of sulfonamides is 1. The summed E-state index contributed by atoms with van der Waals surface area (Å²) in [6.07, 6.45) is 1.74. The van der Waals surface area contributed by atoms with Gasteiger partial charge in [-0.25, -0.2) is 13.1 Å². The molecule has 0 bridgehead atoms. The zero-order valence-corrected chi connectivity index (χ0v) is 26.4. The van der Waals surface area contributed by atoms with Crippen LogP contribution in [0.5, 0.6) is 0 Å². The van der Waals surface area contributed by atoms with Crippen LogP contribution >= 0.6 is 11.3 Å². The van der Waals surface area contributed by atoms with Gasteiger partial charge in [0.05, 0.1) is 29.4 Å². The molecule has 11 nitrogen and oxygen atoms in total. The number of anilines is 1. The number of hydrogen-bond acceptors (Lipinski definition) is 9. The smallest absolute Gasteiger partial charge is 0.281 e. The summed E-state index contributed by atoms with van der Waals surface area (Å²) in [5.74, 6) is -0.702. The van der Waals surface area contributed by atoms with Crippen molar-refractivity contribution >= 4 is 38.2 Å². The van der Waals surface area contributed by atoms with Gasteiger partial charge in [-0.2, -0.15) is 9.40 Å².